The van der Waals surface area contributed by atoms with Gasteiger partial charge in [-0.15, -0.1) is 12.4 Å². The van der Waals surface area contributed by atoms with Crippen molar-refractivity contribution < 1.29 is 9.53 Å². The molecule has 0 heterocycles. The number of nitrogen functional groups attached to an aromatic ring is 1. The van der Waals surface area contributed by atoms with Crippen LogP contribution in [0.3, 0.4) is 0 Å². The van der Waals surface area contributed by atoms with Gasteiger partial charge < -0.3 is 10.5 Å². The van der Waals surface area contributed by atoms with Gasteiger partial charge in [-0.2, -0.15) is 0 Å². The van der Waals surface area contributed by atoms with E-state index in [9.17, 15) is 4.79 Å². The molecule has 0 aliphatic rings. The Morgan fingerprint density at radius 3 is 2.71 bits per heavy atom. The number of hydrogen-bond acceptors (Lipinski definition) is 3. The van der Waals surface area contributed by atoms with Crippen molar-refractivity contribution in [3.63, 3.8) is 0 Å². The van der Waals surface area contributed by atoms with E-state index in [2.05, 4.69) is 0 Å². The average molecular weight is 252 g/mol. The largest absolute Gasteiger partial charge is 0.462 e. The highest BCUT2D eigenvalue weighted by molar-refractivity contribution is 6.05. The summed E-state index contributed by atoms with van der Waals surface area (Å²) < 4.78 is 5.00. The van der Waals surface area contributed by atoms with Gasteiger partial charge in [-0.3, -0.25) is 0 Å². The molecule has 0 atom stereocenters. The number of hydrogen-bond donors (Lipinski definition) is 1. The Morgan fingerprint density at radius 2 is 2.00 bits per heavy atom. The minimum atomic E-state index is -0.328. The summed E-state index contributed by atoms with van der Waals surface area (Å²) in [5.41, 5.74) is 6.85. The quantitative estimate of drug-likeness (QED) is 0.659. The first-order valence-electron chi connectivity index (χ1n) is 5.17. The molecule has 0 unspecified atom stereocenters. The number of halogens is 1. The van der Waals surface area contributed by atoms with E-state index in [4.69, 9.17) is 10.5 Å². The van der Waals surface area contributed by atoms with E-state index in [1.54, 1.807) is 13.0 Å². The van der Waals surface area contributed by atoms with E-state index in [-0.39, 0.29) is 18.4 Å². The van der Waals surface area contributed by atoms with Gasteiger partial charge in [-0.25, -0.2) is 4.79 Å². The lowest BCUT2D eigenvalue weighted by Crippen LogP contribution is -2.06. The number of benzene rings is 2. The van der Waals surface area contributed by atoms with E-state index in [0.29, 0.717) is 17.9 Å². The van der Waals surface area contributed by atoms with Crippen LogP contribution < -0.4 is 5.73 Å². The maximum atomic E-state index is 11.7. The normalized spacial score (nSPS) is 9.71. The Hall–Kier alpha value is -1.74. The lowest BCUT2D eigenvalue weighted by Gasteiger charge is -2.07. The molecule has 2 rings (SSSR count). The average Bonchev–Trinajstić information content (AvgIpc) is 2.28. The first-order chi connectivity index (χ1) is 7.72. The molecule has 3 nitrogen and oxygen atoms in total. The smallest absolute Gasteiger partial charge is 0.338 e. The Labute approximate surface area is 106 Å². The molecule has 0 aromatic heterocycles. The van der Waals surface area contributed by atoms with Crippen molar-refractivity contribution in [2.75, 3.05) is 12.3 Å². The Bertz CT molecular complexity index is 540. The number of rotatable bonds is 2. The van der Waals surface area contributed by atoms with Gasteiger partial charge in [0.15, 0.2) is 0 Å². The third-order valence-electron chi connectivity index (χ3n) is 2.38. The summed E-state index contributed by atoms with van der Waals surface area (Å²) in [5, 5.41) is 1.82. The summed E-state index contributed by atoms with van der Waals surface area (Å²) in [6, 6.07) is 11.1. The molecular formula is C13H14ClNO2. The van der Waals surface area contributed by atoms with Crippen LogP contribution in [0.1, 0.15) is 17.3 Å². The van der Waals surface area contributed by atoms with Crippen LogP contribution in [-0.4, -0.2) is 12.6 Å². The van der Waals surface area contributed by atoms with Gasteiger partial charge in [-0.05, 0) is 29.8 Å². The van der Waals surface area contributed by atoms with Crippen molar-refractivity contribution in [3.8, 4) is 0 Å². The number of esters is 1. The van der Waals surface area contributed by atoms with Crippen LogP contribution in [0.15, 0.2) is 36.4 Å². The van der Waals surface area contributed by atoms with Gasteiger partial charge in [0, 0.05) is 5.69 Å². The van der Waals surface area contributed by atoms with Crippen molar-refractivity contribution in [3.05, 3.63) is 42.0 Å². The van der Waals surface area contributed by atoms with Crippen molar-refractivity contribution in [2.45, 2.75) is 6.92 Å². The van der Waals surface area contributed by atoms with Crippen LogP contribution in [0.2, 0.25) is 0 Å². The van der Waals surface area contributed by atoms with Crippen molar-refractivity contribution in [1.82, 2.24) is 0 Å². The number of carbonyl (C=O) groups excluding carboxylic acids is 1. The summed E-state index contributed by atoms with van der Waals surface area (Å²) >= 11 is 0. The van der Waals surface area contributed by atoms with E-state index in [1.807, 2.05) is 30.3 Å². The molecule has 0 saturated carbocycles. The van der Waals surface area contributed by atoms with Gasteiger partial charge >= 0.3 is 5.97 Å². The SMILES string of the molecule is CCOC(=O)c1cc(N)cc2ccccc12.Cl. The molecule has 0 aliphatic carbocycles. The lowest BCUT2D eigenvalue weighted by molar-refractivity contribution is 0.0529. The summed E-state index contributed by atoms with van der Waals surface area (Å²) in [6.07, 6.45) is 0. The molecule has 17 heavy (non-hydrogen) atoms. The van der Waals surface area contributed by atoms with Gasteiger partial charge in [0.25, 0.3) is 0 Å². The number of carbonyl (C=O) groups is 1. The number of anilines is 1. The Kier molecular flexibility index (Phi) is 4.35. The number of fused-ring (bicyclic) bond motifs is 1. The molecule has 2 aromatic rings. The van der Waals surface area contributed by atoms with Crippen LogP contribution in [0.25, 0.3) is 10.8 Å². The highest BCUT2D eigenvalue weighted by Crippen LogP contribution is 2.23. The van der Waals surface area contributed by atoms with Crippen molar-refractivity contribution in [2.24, 2.45) is 0 Å². The molecule has 0 bridgehead atoms. The minimum absolute atomic E-state index is 0. The number of ether oxygens (including phenoxy) is 1. The van der Waals surface area contributed by atoms with Crippen molar-refractivity contribution in [1.29, 1.82) is 0 Å². The zero-order valence-corrected chi connectivity index (χ0v) is 10.3. The molecule has 90 valence electrons. The van der Waals surface area contributed by atoms with Crippen LogP contribution in [-0.2, 0) is 4.74 Å². The van der Waals surface area contributed by atoms with Crippen molar-refractivity contribution >= 4 is 34.8 Å². The zero-order valence-electron chi connectivity index (χ0n) is 9.47. The summed E-state index contributed by atoms with van der Waals surface area (Å²) in [7, 11) is 0. The predicted molar refractivity (Wildman–Crippen MR) is 71.6 cm³/mol. The topological polar surface area (TPSA) is 52.3 Å². The fourth-order valence-electron chi connectivity index (χ4n) is 1.71. The summed E-state index contributed by atoms with van der Waals surface area (Å²) in [6.45, 7) is 2.15. The van der Waals surface area contributed by atoms with Crippen LogP contribution >= 0.6 is 12.4 Å². The lowest BCUT2D eigenvalue weighted by atomic mass is 10.0. The van der Waals surface area contributed by atoms with Crippen LogP contribution in [0, 0.1) is 0 Å². The molecule has 0 aliphatic heterocycles. The van der Waals surface area contributed by atoms with E-state index in [0.717, 1.165) is 10.8 Å². The summed E-state index contributed by atoms with van der Waals surface area (Å²) in [4.78, 5) is 11.7. The highest BCUT2D eigenvalue weighted by Gasteiger charge is 2.11. The molecule has 2 aromatic carbocycles. The highest BCUT2D eigenvalue weighted by atomic mass is 35.5. The second-order valence-corrected chi connectivity index (χ2v) is 3.51. The maximum absolute atomic E-state index is 11.7. The van der Waals surface area contributed by atoms with Gasteiger partial charge in [0.2, 0.25) is 0 Å². The van der Waals surface area contributed by atoms with Gasteiger partial charge in [0.1, 0.15) is 0 Å². The second kappa shape index (κ2) is 5.55. The Balaban J connectivity index is 0.00000144. The van der Waals surface area contributed by atoms with Gasteiger partial charge in [0.05, 0.1) is 12.2 Å². The predicted octanol–water partition coefficient (Wildman–Crippen LogP) is 3.02. The molecular weight excluding hydrogens is 238 g/mol. The molecule has 0 saturated heterocycles. The first kappa shape index (κ1) is 13.3. The third-order valence-corrected chi connectivity index (χ3v) is 2.38. The summed E-state index contributed by atoms with van der Waals surface area (Å²) in [5.74, 6) is -0.328. The fourth-order valence-corrected chi connectivity index (χ4v) is 1.71. The van der Waals surface area contributed by atoms with Crippen LogP contribution in [0.4, 0.5) is 5.69 Å². The standard InChI is InChI=1S/C13H13NO2.ClH/c1-2-16-13(15)12-8-10(14)7-9-5-3-4-6-11(9)12;/h3-8H,2,14H2,1H3;1H. The Morgan fingerprint density at radius 1 is 1.29 bits per heavy atom. The van der Waals surface area contributed by atoms with Gasteiger partial charge in [-0.1, -0.05) is 24.3 Å². The van der Waals surface area contributed by atoms with E-state index >= 15 is 0 Å². The molecule has 2 N–H and O–H groups in total. The van der Waals surface area contributed by atoms with E-state index in [1.165, 1.54) is 0 Å². The molecule has 0 fully saturated rings. The first-order valence-corrected chi connectivity index (χ1v) is 5.17. The maximum Gasteiger partial charge on any atom is 0.338 e. The van der Waals surface area contributed by atoms with E-state index < -0.39 is 0 Å². The fraction of sp³-hybridized carbons (Fsp3) is 0.154. The zero-order chi connectivity index (χ0) is 11.5. The molecule has 0 radical (unpaired) electrons. The molecule has 4 heteroatoms. The second-order valence-electron chi connectivity index (χ2n) is 3.51. The van der Waals surface area contributed by atoms with Crippen LogP contribution in [0.5, 0.6) is 0 Å². The monoisotopic (exact) mass is 251 g/mol. The molecule has 0 amide bonds. The minimum Gasteiger partial charge on any atom is -0.462 e. The third kappa shape index (κ3) is 2.68. The molecule has 0 spiro atoms. The number of nitrogens with two attached hydrogens (primary N) is 1.